The molecule has 0 atom stereocenters. The molecular formula is C12H24N2O4. The van der Waals surface area contributed by atoms with Crippen LogP contribution in [0.25, 0.3) is 0 Å². The molecule has 0 radical (unpaired) electrons. The van der Waals surface area contributed by atoms with Gasteiger partial charge in [0.25, 0.3) is 0 Å². The predicted molar refractivity (Wildman–Crippen MR) is 67.8 cm³/mol. The summed E-state index contributed by atoms with van der Waals surface area (Å²) in [7, 11) is 0. The molecular weight excluding hydrogens is 236 g/mol. The second-order valence-corrected chi connectivity index (χ2v) is 5.68. The molecule has 2 amide bonds. The van der Waals surface area contributed by atoms with Crippen LogP contribution >= 0.6 is 0 Å². The molecule has 18 heavy (non-hydrogen) atoms. The summed E-state index contributed by atoms with van der Waals surface area (Å²) in [6.07, 6.45) is 0.105. The van der Waals surface area contributed by atoms with Crippen molar-refractivity contribution in [2.45, 2.75) is 51.6 Å². The Morgan fingerprint density at radius 1 is 0.833 bits per heavy atom. The quantitative estimate of drug-likeness (QED) is 0.498. The summed E-state index contributed by atoms with van der Waals surface area (Å²) in [5, 5.41) is 23.2. The van der Waals surface area contributed by atoms with Crippen LogP contribution in [0, 0.1) is 0 Å². The van der Waals surface area contributed by atoms with Gasteiger partial charge in [-0.25, -0.2) is 0 Å². The molecule has 0 saturated carbocycles. The molecule has 0 aliphatic rings. The SMILES string of the molecule is CC(C)(CO)NC(=O)CCC(=O)NC(C)(C)CO. The topological polar surface area (TPSA) is 98.7 Å². The fourth-order valence-corrected chi connectivity index (χ4v) is 1.19. The van der Waals surface area contributed by atoms with E-state index in [0.717, 1.165) is 0 Å². The van der Waals surface area contributed by atoms with Gasteiger partial charge in [0, 0.05) is 12.8 Å². The van der Waals surface area contributed by atoms with Gasteiger partial charge in [0.15, 0.2) is 0 Å². The first-order valence-electron chi connectivity index (χ1n) is 5.95. The van der Waals surface area contributed by atoms with Crippen LogP contribution in [0.15, 0.2) is 0 Å². The van der Waals surface area contributed by atoms with E-state index in [0.29, 0.717) is 0 Å². The van der Waals surface area contributed by atoms with Gasteiger partial charge in [-0.3, -0.25) is 9.59 Å². The third-order valence-electron chi connectivity index (χ3n) is 2.33. The summed E-state index contributed by atoms with van der Waals surface area (Å²) in [6, 6.07) is 0. The van der Waals surface area contributed by atoms with Gasteiger partial charge in [0.2, 0.25) is 11.8 Å². The molecule has 0 fully saturated rings. The molecule has 4 N–H and O–H groups in total. The summed E-state index contributed by atoms with van der Waals surface area (Å²) in [5.41, 5.74) is -1.37. The third-order valence-corrected chi connectivity index (χ3v) is 2.33. The fourth-order valence-electron chi connectivity index (χ4n) is 1.19. The molecule has 0 spiro atoms. The zero-order valence-electron chi connectivity index (χ0n) is 11.5. The highest BCUT2D eigenvalue weighted by Gasteiger charge is 2.21. The van der Waals surface area contributed by atoms with E-state index in [1.807, 2.05) is 0 Å². The average Bonchev–Trinajstić information content (AvgIpc) is 2.25. The number of amides is 2. The standard InChI is InChI=1S/C12H24N2O4/c1-11(2,7-15)13-9(17)5-6-10(18)14-12(3,4)8-16/h15-16H,5-8H2,1-4H3,(H,13,17)(H,14,18). The van der Waals surface area contributed by atoms with Crippen molar-refractivity contribution in [2.24, 2.45) is 0 Å². The Kier molecular flexibility index (Phi) is 6.28. The van der Waals surface area contributed by atoms with Crippen molar-refractivity contribution < 1.29 is 19.8 Å². The van der Waals surface area contributed by atoms with Crippen LogP contribution in [0.1, 0.15) is 40.5 Å². The maximum atomic E-state index is 11.5. The minimum absolute atomic E-state index is 0.0524. The van der Waals surface area contributed by atoms with E-state index in [1.165, 1.54) is 0 Å². The van der Waals surface area contributed by atoms with Crippen molar-refractivity contribution in [3.05, 3.63) is 0 Å². The van der Waals surface area contributed by atoms with Gasteiger partial charge in [-0.1, -0.05) is 0 Å². The van der Waals surface area contributed by atoms with Crippen LogP contribution in [0.3, 0.4) is 0 Å². The molecule has 0 aromatic heterocycles. The van der Waals surface area contributed by atoms with Crippen LogP contribution in [-0.2, 0) is 9.59 Å². The van der Waals surface area contributed by atoms with Gasteiger partial charge in [-0.15, -0.1) is 0 Å². The largest absolute Gasteiger partial charge is 0.394 e. The molecule has 0 aliphatic heterocycles. The third kappa shape index (κ3) is 7.24. The molecule has 0 aromatic carbocycles. The number of carbonyl (C=O) groups is 2. The Labute approximate surface area is 108 Å². The van der Waals surface area contributed by atoms with Crippen molar-refractivity contribution in [1.82, 2.24) is 10.6 Å². The van der Waals surface area contributed by atoms with E-state index in [-0.39, 0.29) is 37.9 Å². The van der Waals surface area contributed by atoms with E-state index in [2.05, 4.69) is 10.6 Å². The van der Waals surface area contributed by atoms with Gasteiger partial charge < -0.3 is 20.8 Å². The zero-order chi connectivity index (χ0) is 14.4. The van der Waals surface area contributed by atoms with Crippen LogP contribution in [0.4, 0.5) is 0 Å². The lowest BCUT2D eigenvalue weighted by Crippen LogP contribution is -2.48. The van der Waals surface area contributed by atoms with E-state index in [9.17, 15) is 9.59 Å². The van der Waals surface area contributed by atoms with Crippen LogP contribution < -0.4 is 10.6 Å². The number of carbonyl (C=O) groups excluding carboxylic acids is 2. The number of aliphatic hydroxyl groups is 2. The minimum Gasteiger partial charge on any atom is -0.394 e. The van der Waals surface area contributed by atoms with Gasteiger partial charge in [-0.05, 0) is 27.7 Å². The highest BCUT2D eigenvalue weighted by Crippen LogP contribution is 2.03. The molecule has 0 heterocycles. The summed E-state index contributed by atoms with van der Waals surface area (Å²) in [4.78, 5) is 23.0. The lowest BCUT2D eigenvalue weighted by atomic mass is 10.1. The number of rotatable bonds is 7. The Bertz CT molecular complexity index is 270. The van der Waals surface area contributed by atoms with Gasteiger partial charge in [0.05, 0.1) is 24.3 Å². The maximum Gasteiger partial charge on any atom is 0.221 e. The Hall–Kier alpha value is -1.14. The first-order valence-corrected chi connectivity index (χ1v) is 5.95. The highest BCUT2D eigenvalue weighted by atomic mass is 16.3. The second-order valence-electron chi connectivity index (χ2n) is 5.68. The molecule has 0 aromatic rings. The number of aliphatic hydroxyl groups excluding tert-OH is 2. The van der Waals surface area contributed by atoms with E-state index >= 15 is 0 Å². The Morgan fingerprint density at radius 3 is 1.33 bits per heavy atom. The molecule has 6 nitrogen and oxygen atoms in total. The molecule has 0 saturated heterocycles. The lowest BCUT2D eigenvalue weighted by molar-refractivity contribution is -0.128. The lowest BCUT2D eigenvalue weighted by Gasteiger charge is -2.25. The fraction of sp³-hybridized carbons (Fsp3) is 0.833. The maximum absolute atomic E-state index is 11.5. The van der Waals surface area contributed by atoms with Crippen molar-refractivity contribution in [3.8, 4) is 0 Å². The van der Waals surface area contributed by atoms with Crippen molar-refractivity contribution >= 4 is 11.8 Å². The monoisotopic (exact) mass is 260 g/mol. The Balaban J connectivity index is 4.04. The van der Waals surface area contributed by atoms with Crippen LogP contribution in [-0.4, -0.2) is 46.3 Å². The molecule has 0 unspecified atom stereocenters. The molecule has 6 heteroatoms. The summed E-state index contributed by atoms with van der Waals surface area (Å²) < 4.78 is 0. The Morgan fingerprint density at radius 2 is 1.11 bits per heavy atom. The van der Waals surface area contributed by atoms with E-state index in [1.54, 1.807) is 27.7 Å². The van der Waals surface area contributed by atoms with Crippen molar-refractivity contribution in [3.63, 3.8) is 0 Å². The van der Waals surface area contributed by atoms with Crippen molar-refractivity contribution in [1.29, 1.82) is 0 Å². The number of hydrogen-bond donors (Lipinski definition) is 4. The van der Waals surface area contributed by atoms with Gasteiger partial charge in [-0.2, -0.15) is 0 Å². The summed E-state index contributed by atoms with van der Waals surface area (Å²) in [5.74, 6) is -0.572. The van der Waals surface area contributed by atoms with Gasteiger partial charge >= 0.3 is 0 Å². The second kappa shape index (κ2) is 6.70. The van der Waals surface area contributed by atoms with E-state index in [4.69, 9.17) is 10.2 Å². The molecule has 0 aliphatic carbocycles. The number of nitrogens with one attached hydrogen (secondary N) is 2. The number of hydrogen-bond acceptors (Lipinski definition) is 4. The summed E-state index contributed by atoms with van der Waals surface area (Å²) >= 11 is 0. The molecule has 106 valence electrons. The molecule has 0 rings (SSSR count). The smallest absolute Gasteiger partial charge is 0.221 e. The van der Waals surface area contributed by atoms with Crippen molar-refractivity contribution in [2.75, 3.05) is 13.2 Å². The first-order chi connectivity index (χ1) is 8.12. The zero-order valence-corrected chi connectivity index (χ0v) is 11.5. The normalized spacial score (nSPS) is 12.1. The van der Waals surface area contributed by atoms with E-state index < -0.39 is 11.1 Å². The predicted octanol–water partition coefficient (Wildman–Crippen LogP) is -0.459. The first kappa shape index (κ1) is 16.9. The van der Waals surface area contributed by atoms with Gasteiger partial charge in [0.1, 0.15) is 0 Å². The van der Waals surface area contributed by atoms with Crippen LogP contribution in [0.5, 0.6) is 0 Å². The minimum atomic E-state index is -0.683. The molecule has 0 bridgehead atoms. The average molecular weight is 260 g/mol. The van der Waals surface area contributed by atoms with Crippen LogP contribution in [0.2, 0.25) is 0 Å². The summed E-state index contributed by atoms with van der Waals surface area (Å²) in [6.45, 7) is 6.45. The highest BCUT2D eigenvalue weighted by molar-refractivity contribution is 5.84.